The summed E-state index contributed by atoms with van der Waals surface area (Å²) in [7, 11) is 1.49. The number of likely N-dealkylation sites (N-methyl/N-ethyl adjacent to an activating group) is 1. The fourth-order valence-electron chi connectivity index (χ4n) is 5.02. The lowest BCUT2D eigenvalue weighted by atomic mass is 9.91. The molecule has 6 nitrogen and oxygen atoms in total. The van der Waals surface area contributed by atoms with E-state index in [1.807, 2.05) is 0 Å². The van der Waals surface area contributed by atoms with Gasteiger partial charge < -0.3 is 20.1 Å². The highest BCUT2D eigenvalue weighted by molar-refractivity contribution is 5.98. The molecule has 1 fully saturated rings. The maximum absolute atomic E-state index is 13.7. The minimum Gasteiger partial charge on any atom is -0.489 e. The standard InChI is InChI=1S/C26H29F3N2O4/c1-30-22(25(33)34)14-24(32)31-11-10-18-13-19(7-9-23(18)31)35-15-16-6-8-20(17-4-2-3-5-17)21(12-16)26(27,28)29/h6-9,12-13,17,22,30H,2-5,10-11,14-15H2,1H3,(H,33,34). The van der Waals surface area contributed by atoms with Gasteiger partial charge in [0, 0.05) is 12.2 Å². The summed E-state index contributed by atoms with van der Waals surface area (Å²) in [5, 5.41) is 11.8. The fraction of sp³-hybridized carbons (Fsp3) is 0.462. The Morgan fingerprint density at radius 2 is 1.91 bits per heavy atom. The summed E-state index contributed by atoms with van der Waals surface area (Å²) >= 11 is 0. The zero-order valence-corrected chi connectivity index (χ0v) is 19.5. The van der Waals surface area contributed by atoms with Gasteiger partial charge in [-0.15, -0.1) is 0 Å². The van der Waals surface area contributed by atoms with E-state index in [1.54, 1.807) is 35.2 Å². The summed E-state index contributed by atoms with van der Waals surface area (Å²) in [5.41, 5.74) is 1.82. The predicted molar refractivity (Wildman–Crippen MR) is 125 cm³/mol. The van der Waals surface area contributed by atoms with Crippen molar-refractivity contribution in [1.29, 1.82) is 0 Å². The van der Waals surface area contributed by atoms with Gasteiger partial charge in [0.15, 0.2) is 0 Å². The van der Waals surface area contributed by atoms with Crippen LogP contribution in [0.25, 0.3) is 0 Å². The molecule has 1 atom stereocenters. The lowest BCUT2D eigenvalue weighted by Crippen LogP contribution is -2.40. The molecule has 2 aliphatic rings. The maximum Gasteiger partial charge on any atom is 0.416 e. The van der Waals surface area contributed by atoms with Crippen molar-refractivity contribution in [3.8, 4) is 5.75 Å². The first kappa shape index (κ1) is 25.0. The molecule has 0 saturated heterocycles. The molecule has 0 aromatic heterocycles. The summed E-state index contributed by atoms with van der Waals surface area (Å²) < 4.78 is 47.0. The number of amides is 1. The molecule has 1 aliphatic carbocycles. The van der Waals surface area contributed by atoms with E-state index in [2.05, 4.69) is 5.32 Å². The number of aliphatic carboxylic acids is 1. The number of halogens is 3. The van der Waals surface area contributed by atoms with Crippen molar-refractivity contribution in [2.45, 2.75) is 63.3 Å². The Labute approximate surface area is 202 Å². The first-order valence-electron chi connectivity index (χ1n) is 11.8. The molecule has 9 heteroatoms. The molecule has 0 spiro atoms. The molecule has 0 bridgehead atoms. The van der Waals surface area contributed by atoms with Gasteiger partial charge in [0.05, 0.1) is 12.0 Å². The number of carbonyl (C=O) groups is 2. The zero-order chi connectivity index (χ0) is 25.2. The highest BCUT2D eigenvalue weighted by Gasteiger charge is 2.36. The number of fused-ring (bicyclic) bond motifs is 1. The molecule has 2 aromatic rings. The largest absolute Gasteiger partial charge is 0.489 e. The van der Waals surface area contributed by atoms with Gasteiger partial charge in [-0.1, -0.05) is 25.0 Å². The van der Waals surface area contributed by atoms with Crippen LogP contribution in [-0.2, 0) is 28.8 Å². The predicted octanol–water partition coefficient (Wildman–Crippen LogP) is 4.89. The van der Waals surface area contributed by atoms with Crippen molar-refractivity contribution in [2.24, 2.45) is 0 Å². The highest BCUT2D eigenvalue weighted by Crippen LogP contribution is 2.42. The second kappa shape index (κ2) is 10.3. The number of nitrogens with zero attached hydrogens (tertiary/aromatic N) is 1. The van der Waals surface area contributed by atoms with E-state index in [0.29, 0.717) is 35.5 Å². The van der Waals surface area contributed by atoms with Gasteiger partial charge in [-0.2, -0.15) is 13.2 Å². The monoisotopic (exact) mass is 490 g/mol. The van der Waals surface area contributed by atoms with Crippen LogP contribution in [-0.4, -0.2) is 36.6 Å². The number of nitrogens with one attached hydrogen (secondary N) is 1. The molecule has 35 heavy (non-hydrogen) atoms. The van der Waals surface area contributed by atoms with Crippen LogP contribution in [0.2, 0.25) is 0 Å². The molecule has 0 radical (unpaired) electrons. The number of carboxylic acids is 1. The van der Waals surface area contributed by atoms with Crippen molar-refractivity contribution in [3.63, 3.8) is 0 Å². The molecule has 2 N–H and O–H groups in total. The van der Waals surface area contributed by atoms with Gasteiger partial charge in [0.2, 0.25) is 5.91 Å². The Hall–Kier alpha value is -3.07. The molecule has 2 aromatic carbocycles. The van der Waals surface area contributed by atoms with Crippen LogP contribution in [0.3, 0.4) is 0 Å². The third-order valence-electron chi connectivity index (χ3n) is 6.90. The van der Waals surface area contributed by atoms with Crippen molar-refractivity contribution in [1.82, 2.24) is 5.32 Å². The molecule has 1 unspecified atom stereocenters. The lowest BCUT2D eigenvalue weighted by Gasteiger charge is -2.20. The molecule has 1 amide bonds. The molecule has 188 valence electrons. The van der Waals surface area contributed by atoms with Crippen LogP contribution in [0, 0.1) is 0 Å². The summed E-state index contributed by atoms with van der Waals surface area (Å²) in [6.07, 6.45) is -0.483. The van der Waals surface area contributed by atoms with Gasteiger partial charge >= 0.3 is 12.1 Å². The average molecular weight is 491 g/mol. The molecule has 4 rings (SSSR count). The third kappa shape index (κ3) is 5.61. The van der Waals surface area contributed by atoms with E-state index in [9.17, 15) is 22.8 Å². The molecule has 1 saturated carbocycles. The second-order valence-corrected chi connectivity index (χ2v) is 9.16. The Bertz CT molecular complexity index is 1100. The van der Waals surface area contributed by atoms with Crippen LogP contribution in [0.1, 0.15) is 60.3 Å². The fourth-order valence-corrected chi connectivity index (χ4v) is 5.02. The number of carbonyl (C=O) groups excluding carboxylic acids is 1. The number of hydrogen-bond acceptors (Lipinski definition) is 4. The number of rotatable bonds is 8. The van der Waals surface area contributed by atoms with Crippen molar-refractivity contribution < 1.29 is 32.6 Å². The van der Waals surface area contributed by atoms with Gasteiger partial charge in [-0.3, -0.25) is 9.59 Å². The van der Waals surface area contributed by atoms with Crippen LogP contribution in [0.4, 0.5) is 18.9 Å². The Balaban J connectivity index is 1.44. The van der Waals surface area contributed by atoms with Crippen LogP contribution >= 0.6 is 0 Å². The normalized spacial score (nSPS) is 16.9. The van der Waals surface area contributed by atoms with Crippen molar-refractivity contribution in [3.05, 3.63) is 58.7 Å². The molecular weight excluding hydrogens is 461 g/mol. The molecule has 1 heterocycles. The SMILES string of the molecule is CNC(CC(=O)N1CCc2cc(OCc3ccc(C4CCCC4)c(C(F)(F)F)c3)ccc21)C(=O)O. The lowest BCUT2D eigenvalue weighted by molar-refractivity contribution is -0.141. The summed E-state index contributed by atoms with van der Waals surface area (Å²) in [4.78, 5) is 25.4. The van der Waals surface area contributed by atoms with E-state index in [4.69, 9.17) is 9.84 Å². The minimum absolute atomic E-state index is 0.00206. The Kier molecular flexibility index (Phi) is 7.35. The number of ether oxygens (including phenoxy) is 1. The van der Waals surface area contributed by atoms with E-state index >= 15 is 0 Å². The quantitative estimate of drug-likeness (QED) is 0.551. The smallest absolute Gasteiger partial charge is 0.416 e. The molecule has 1 aliphatic heterocycles. The van der Waals surface area contributed by atoms with E-state index in [1.165, 1.54) is 13.1 Å². The van der Waals surface area contributed by atoms with E-state index in [-0.39, 0.29) is 24.9 Å². The third-order valence-corrected chi connectivity index (χ3v) is 6.90. The number of alkyl halides is 3. The van der Waals surface area contributed by atoms with Gasteiger partial charge in [-0.25, -0.2) is 0 Å². The average Bonchev–Trinajstić information content (AvgIpc) is 3.50. The first-order valence-corrected chi connectivity index (χ1v) is 11.8. The van der Waals surface area contributed by atoms with Crippen LogP contribution in [0.5, 0.6) is 5.75 Å². The number of hydrogen-bond donors (Lipinski definition) is 2. The topological polar surface area (TPSA) is 78.9 Å². The van der Waals surface area contributed by atoms with Gasteiger partial charge in [0.1, 0.15) is 18.4 Å². The maximum atomic E-state index is 13.7. The Morgan fingerprint density at radius 3 is 2.57 bits per heavy atom. The Morgan fingerprint density at radius 1 is 1.17 bits per heavy atom. The van der Waals surface area contributed by atoms with Crippen LogP contribution < -0.4 is 15.0 Å². The summed E-state index contributed by atoms with van der Waals surface area (Å²) in [6, 6.07) is 8.73. The first-order chi connectivity index (χ1) is 16.7. The second-order valence-electron chi connectivity index (χ2n) is 9.16. The minimum atomic E-state index is -4.41. The number of benzene rings is 2. The van der Waals surface area contributed by atoms with E-state index < -0.39 is 23.8 Å². The number of anilines is 1. The highest BCUT2D eigenvalue weighted by atomic mass is 19.4. The number of carboxylic acid groups (broad SMARTS) is 1. The summed E-state index contributed by atoms with van der Waals surface area (Å²) in [5.74, 6) is -0.914. The van der Waals surface area contributed by atoms with Crippen molar-refractivity contribution in [2.75, 3.05) is 18.5 Å². The summed E-state index contributed by atoms with van der Waals surface area (Å²) in [6.45, 7) is 0.434. The zero-order valence-electron chi connectivity index (χ0n) is 19.5. The van der Waals surface area contributed by atoms with Crippen molar-refractivity contribution >= 4 is 17.6 Å². The van der Waals surface area contributed by atoms with Crippen LogP contribution in [0.15, 0.2) is 36.4 Å². The van der Waals surface area contributed by atoms with Gasteiger partial charge in [0.25, 0.3) is 0 Å². The van der Waals surface area contributed by atoms with Gasteiger partial charge in [-0.05, 0) is 73.2 Å². The van der Waals surface area contributed by atoms with E-state index in [0.717, 1.165) is 31.2 Å². The molecular formula is C26H29F3N2O4.